The smallest absolute Gasteiger partial charge is 0.338 e. The van der Waals surface area contributed by atoms with Crippen LogP contribution in [0, 0.1) is 0 Å². The van der Waals surface area contributed by atoms with Crippen molar-refractivity contribution in [2.45, 2.75) is 31.3 Å². The topological polar surface area (TPSA) is 60.5 Å². The highest BCUT2D eigenvalue weighted by Crippen LogP contribution is 2.49. The number of methoxy groups -OCH3 is 1. The predicted octanol–water partition coefficient (Wildman–Crippen LogP) is 5.82. The zero-order valence-electron chi connectivity index (χ0n) is 29.8. The van der Waals surface area contributed by atoms with E-state index in [0.29, 0.717) is 5.57 Å². The van der Waals surface area contributed by atoms with Gasteiger partial charge in [0.1, 0.15) is 5.75 Å². The van der Waals surface area contributed by atoms with E-state index in [1.807, 2.05) is 43.5 Å². The van der Waals surface area contributed by atoms with Crippen molar-refractivity contribution in [2.75, 3.05) is 99.4 Å². The van der Waals surface area contributed by atoms with Crippen molar-refractivity contribution in [3.63, 3.8) is 0 Å². The fraction of sp³-hybridized carbons (Fsp3) is 0.462. The van der Waals surface area contributed by atoms with Crippen LogP contribution in [0.2, 0.25) is 0 Å². The van der Waals surface area contributed by atoms with Gasteiger partial charge in [-0.15, -0.1) is 0 Å². The van der Waals surface area contributed by atoms with Crippen LogP contribution in [0.25, 0.3) is 6.08 Å². The van der Waals surface area contributed by atoms with Crippen molar-refractivity contribution >= 4 is 23.4 Å². The molecule has 0 bridgehead atoms. The number of esters is 1. The Balaban J connectivity index is 1.82. The molecule has 1 heterocycles. The lowest BCUT2D eigenvalue weighted by molar-refractivity contribution is -0.137. The molecule has 0 saturated heterocycles. The van der Waals surface area contributed by atoms with Crippen molar-refractivity contribution in [3.8, 4) is 5.75 Å². The summed E-state index contributed by atoms with van der Waals surface area (Å²) in [5, 5.41) is 3.42. The van der Waals surface area contributed by atoms with Crippen molar-refractivity contribution in [2.24, 2.45) is 0 Å². The zero-order chi connectivity index (χ0) is 34.0. The molecule has 0 radical (unpaired) electrons. The maximum Gasteiger partial charge on any atom is 0.338 e. The largest absolute Gasteiger partial charge is 0.472 e. The van der Waals surface area contributed by atoms with Gasteiger partial charge in [-0.05, 0) is 124 Å². The first-order chi connectivity index (χ1) is 22.6. The van der Waals surface area contributed by atoms with Gasteiger partial charge in [0, 0.05) is 48.2 Å². The fourth-order valence-electron chi connectivity index (χ4n) is 6.36. The molecule has 0 aromatic heterocycles. The molecule has 0 saturated carbocycles. The number of aryl methyl sites for hydroxylation is 1. The fourth-order valence-corrected chi connectivity index (χ4v) is 6.36. The number of rotatable bonds is 17. The Bertz CT molecular complexity index is 1470. The molecule has 4 rings (SSSR count). The van der Waals surface area contributed by atoms with Crippen LogP contribution in [0.3, 0.4) is 0 Å². The molecule has 3 aromatic carbocycles. The van der Waals surface area contributed by atoms with Crippen LogP contribution in [0.1, 0.15) is 41.5 Å². The van der Waals surface area contributed by atoms with Crippen molar-refractivity contribution in [1.29, 1.82) is 0 Å². The van der Waals surface area contributed by atoms with Crippen LogP contribution >= 0.6 is 0 Å². The lowest BCUT2D eigenvalue weighted by Crippen LogP contribution is -2.42. The van der Waals surface area contributed by atoms with Crippen LogP contribution in [0.5, 0.6) is 5.75 Å². The average Bonchev–Trinajstić information content (AvgIpc) is 3.06. The molecule has 47 heavy (non-hydrogen) atoms. The Morgan fingerprint density at radius 3 is 2.02 bits per heavy atom. The molecular formula is C39H55N5O3. The van der Waals surface area contributed by atoms with E-state index in [2.05, 4.69) is 104 Å². The summed E-state index contributed by atoms with van der Waals surface area (Å²) in [7, 11) is 16.0. The van der Waals surface area contributed by atoms with Gasteiger partial charge in [-0.1, -0.05) is 42.5 Å². The Morgan fingerprint density at radius 1 is 0.787 bits per heavy atom. The van der Waals surface area contributed by atoms with Crippen molar-refractivity contribution < 1.29 is 14.3 Å². The summed E-state index contributed by atoms with van der Waals surface area (Å²) in [6.07, 6.45) is 6.10. The van der Waals surface area contributed by atoms with E-state index in [4.69, 9.17) is 9.47 Å². The number of nitrogens with zero attached hydrogens (tertiary/aromatic N) is 4. The highest BCUT2D eigenvalue weighted by atomic mass is 16.5. The Morgan fingerprint density at radius 2 is 1.43 bits per heavy atom. The molecule has 1 aliphatic heterocycles. The lowest BCUT2D eigenvalue weighted by Gasteiger charge is -2.41. The summed E-state index contributed by atoms with van der Waals surface area (Å²) < 4.78 is 12.6. The lowest BCUT2D eigenvalue weighted by atomic mass is 9.76. The third-order valence-electron chi connectivity index (χ3n) is 8.76. The summed E-state index contributed by atoms with van der Waals surface area (Å²) in [5.74, 6) is 0.305. The van der Waals surface area contributed by atoms with E-state index in [9.17, 15) is 4.79 Å². The second kappa shape index (κ2) is 16.8. The summed E-state index contributed by atoms with van der Waals surface area (Å²) in [6.45, 7) is 4.95. The molecule has 0 fully saturated rings. The summed E-state index contributed by atoms with van der Waals surface area (Å²) in [4.78, 5) is 22.9. The molecule has 0 aliphatic carbocycles. The van der Waals surface area contributed by atoms with Crippen LogP contribution in [0.15, 0.2) is 72.3 Å². The van der Waals surface area contributed by atoms with Gasteiger partial charge in [0.15, 0.2) is 5.60 Å². The van der Waals surface area contributed by atoms with E-state index >= 15 is 0 Å². The number of hydrogen-bond acceptors (Lipinski definition) is 8. The average molecular weight is 642 g/mol. The normalized spacial score (nSPS) is 15.8. The minimum Gasteiger partial charge on any atom is -0.472 e. The number of nitrogens with one attached hydrogen (secondary N) is 1. The molecule has 3 aromatic rings. The molecule has 0 spiro atoms. The van der Waals surface area contributed by atoms with E-state index in [-0.39, 0.29) is 0 Å². The third-order valence-corrected chi connectivity index (χ3v) is 8.76. The SMILES string of the molecule is CNc1cc(CCCN(C)C)ccc1C1(c2ccccc2)Oc2ccc(N(CCCN(C)C)CCCN(C)C)cc2C=C1C(=O)OC. The predicted molar refractivity (Wildman–Crippen MR) is 196 cm³/mol. The molecule has 8 heteroatoms. The standard InChI is InChI=1S/C39H55N5O3/c1-40-36-27-30(15-12-22-41(2)3)18-20-34(36)39(32-16-10-9-11-17-32)35(38(45)46-8)29-31-28-33(19-21-37(31)47-39)44(25-13-23-42(4)5)26-14-24-43(6)7/h9-11,16-21,27-29,40H,12-15,22-26H2,1-8H3. The van der Waals surface area contributed by atoms with Crippen LogP contribution < -0.4 is 15.0 Å². The Hall–Kier alpha value is -3.85. The van der Waals surface area contributed by atoms with Gasteiger partial charge in [0.25, 0.3) is 0 Å². The number of benzene rings is 3. The maximum atomic E-state index is 13.8. The molecular weight excluding hydrogens is 586 g/mol. The van der Waals surface area contributed by atoms with Crippen LogP contribution in [-0.4, -0.2) is 110 Å². The first-order valence-electron chi connectivity index (χ1n) is 16.8. The van der Waals surface area contributed by atoms with Gasteiger partial charge in [0.2, 0.25) is 0 Å². The second-order valence-electron chi connectivity index (χ2n) is 13.3. The number of carbonyl (C=O) groups excluding carboxylic acids is 1. The number of anilines is 2. The maximum absolute atomic E-state index is 13.8. The van der Waals surface area contributed by atoms with Gasteiger partial charge in [0.05, 0.1) is 12.7 Å². The number of ether oxygens (including phenoxy) is 2. The summed E-state index contributed by atoms with van der Waals surface area (Å²) in [6, 6.07) is 22.8. The molecule has 1 unspecified atom stereocenters. The molecule has 1 atom stereocenters. The molecule has 1 N–H and O–H groups in total. The second-order valence-corrected chi connectivity index (χ2v) is 13.3. The minimum atomic E-state index is -1.22. The quantitative estimate of drug-likeness (QED) is 0.185. The van der Waals surface area contributed by atoms with Crippen LogP contribution in [-0.2, 0) is 21.6 Å². The number of carbonyl (C=O) groups is 1. The van der Waals surface area contributed by atoms with Crippen molar-refractivity contribution in [1.82, 2.24) is 14.7 Å². The van der Waals surface area contributed by atoms with E-state index in [0.717, 1.165) is 92.2 Å². The minimum absolute atomic E-state index is 0.421. The monoisotopic (exact) mass is 641 g/mol. The Labute approximate surface area is 282 Å². The van der Waals surface area contributed by atoms with Gasteiger partial charge in [-0.2, -0.15) is 0 Å². The number of fused-ring (bicyclic) bond motifs is 1. The van der Waals surface area contributed by atoms with Crippen molar-refractivity contribution in [3.05, 3.63) is 94.6 Å². The highest BCUT2D eigenvalue weighted by molar-refractivity contribution is 5.99. The zero-order valence-corrected chi connectivity index (χ0v) is 29.8. The summed E-state index contributed by atoms with van der Waals surface area (Å²) >= 11 is 0. The van der Waals surface area contributed by atoms with E-state index < -0.39 is 11.6 Å². The van der Waals surface area contributed by atoms with Gasteiger partial charge in [-0.3, -0.25) is 0 Å². The first kappa shape index (κ1) is 36.0. The molecule has 1 aliphatic rings. The summed E-state index contributed by atoms with van der Waals surface area (Å²) in [5.41, 5.74) is 5.08. The van der Waals surface area contributed by atoms with Crippen LogP contribution in [0.4, 0.5) is 11.4 Å². The van der Waals surface area contributed by atoms with E-state index in [1.165, 1.54) is 12.7 Å². The molecule has 0 amide bonds. The third kappa shape index (κ3) is 8.95. The van der Waals surface area contributed by atoms with Gasteiger partial charge >= 0.3 is 5.97 Å². The number of hydrogen-bond donors (Lipinski definition) is 1. The van der Waals surface area contributed by atoms with Gasteiger partial charge in [-0.25, -0.2) is 4.79 Å². The molecule has 8 nitrogen and oxygen atoms in total. The Kier molecular flexibility index (Phi) is 12.9. The molecule has 254 valence electrons. The van der Waals surface area contributed by atoms with E-state index in [1.54, 1.807) is 0 Å². The first-order valence-corrected chi connectivity index (χ1v) is 16.8. The highest BCUT2D eigenvalue weighted by Gasteiger charge is 2.48. The van der Waals surface area contributed by atoms with Gasteiger partial charge < -0.3 is 34.4 Å².